The number of fused-ring (bicyclic) bond motifs is 1. The van der Waals surface area contributed by atoms with Gasteiger partial charge in [0, 0.05) is 16.7 Å². The molecule has 0 saturated heterocycles. The van der Waals surface area contributed by atoms with Crippen LogP contribution in [0.15, 0.2) is 48.0 Å². The van der Waals surface area contributed by atoms with E-state index in [1.165, 1.54) is 0 Å². The normalized spacial score (nSPS) is 15.4. The number of para-hydroxylation sites is 1. The zero-order valence-corrected chi connectivity index (χ0v) is 13.5. The fraction of sp³-hybridized carbons (Fsp3) is 0.250. The Morgan fingerprint density at radius 1 is 1.13 bits per heavy atom. The monoisotopic (exact) mass is 308 g/mol. The summed E-state index contributed by atoms with van der Waals surface area (Å²) in [6.45, 7) is 2.57. The number of methoxy groups -OCH3 is 1. The van der Waals surface area contributed by atoms with Gasteiger partial charge in [-0.1, -0.05) is 18.2 Å². The lowest BCUT2D eigenvalue weighted by atomic mass is 9.86. The van der Waals surface area contributed by atoms with Gasteiger partial charge in [-0.3, -0.25) is 4.79 Å². The van der Waals surface area contributed by atoms with E-state index in [9.17, 15) is 4.79 Å². The van der Waals surface area contributed by atoms with Crippen molar-refractivity contribution in [3.05, 3.63) is 64.7 Å². The topological polar surface area (TPSA) is 35.5 Å². The molecular weight excluding hydrogens is 288 g/mol. The highest BCUT2D eigenvalue weighted by Crippen LogP contribution is 2.31. The summed E-state index contributed by atoms with van der Waals surface area (Å²) in [5, 5.41) is 0. The van der Waals surface area contributed by atoms with E-state index in [0.717, 1.165) is 46.6 Å². The molecule has 0 heterocycles. The Morgan fingerprint density at radius 3 is 2.74 bits per heavy atom. The molecule has 23 heavy (non-hydrogen) atoms. The number of allylic oxidation sites excluding steroid dienone is 1. The first-order chi connectivity index (χ1) is 11.2. The number of carbonyl (C=O) groups excluding carboxylic acids is 1. The predicted molar refractivity (Wildman–Crippen MR) is 91.2 cm³/mol. The molecule has 3 rings (SSSR count). The molecule has 0 bridgehead atoms. The quantitative estimate of drug-likeness (QED) is 0.790. The molecule has 2 aromatic carbocycles. The van der Waals surface area contributed by atoms with Gasteiger partial charge in [0.05, 0.1) is 13.7 Å². The van der Waals surface area contributed by atoms with Gasteiger partial charge < -0.3 is 9.47 Å². The Morgan fingerprint density at radius 2 is 1.96 bits per heavy atom. The average molecular weight is 308 g/mol. The summed E-state index contributed by atoms with van der Waals surface area (Å²) in [4.78, 5) is 12.7. The molecule has 0 atom stereocenters. The number of Topliss-reactive ketones (excluding diaryl/α,β-unsaturated/α-hetero) is 1. The number of benzene rings is 2. The lowest BCUT2D eigenvalue weighted by Gasteiger charge is -2.18. The smallest absolute Gasteiger partial charge is 0.189 e. The molecule has 3 nitrogen and oxygen atoms in total. The largest absolute Gasteiger partial charge is 0.497 e. The number of rotatable bonds is 4. The standard InChI is InChI=1S/C20H20O3/c1-3-23-19-7-5-4-6-15(19)12-16-9-8-14-13-17(22-2)10-11-18(14)20(16)21/h4-7,10-13H,3,8-9H2,1-2H3. The molecule has 0 fully saturated rings. The van der Waals surface area contributed by atoms with E-state index < -0.39 is 0 Å². The van der Waals surface area contributed by atoms with Crippen LogP contribution >= 0.6 is 0 Å². The molecule has 0 aromatic heterocycles. The van der Waals surface area contributed by atoms with Crippen LogP contribution in [-0.2, 0) is 6.42 Å². The maximum atomic E-state index is 12.7. The van der Waals surface area contributed by atoms with E-state index >= 15 is 0 Å². The third-order valence-corrected chi connectivity index (χ3v) is 4.06. The summed E-state index contributed by atoms with van der Waals surface area (Å²) in [5.74, 6) is 1.71. The zero-order valence-electron chi connectivity index (χ0n) is 13.5. The number of aryl methyl sites for hydroxylation is 1. The average Bonchev–Trinajstić information content (AvgIpc) is 2.59. The Balaban J connectivity index is 1.95. The number of ketones is 1. The lowest BCUT2D eigenvalue weighted by Crippen LogP contribution is -2.14. The van der Waals surface area contributed by atoms with Crippen molar-refractivity contribution >= 4 is 11.9 Å². The van der Waals surface area contributed by atoms with Crippen molar-refractivity contribution in [1.82, 2.24) is 0 Å². The van der Waals surface area contributed by atoms with Gasteiger partial charge in [0.2, 0.25) is 0 Å². The molecule has 0 saturated carbocycles. The highest BCUT2D eigenvalue weighted by Gasteiger charge is 2.22. The minimum Gasteiger partial charge on any atom is -0.497 e. The maximum absolute atomic E-state index is 12.7. The van der Waals surface area contributed by atoms with Gasteiger partial charge in [-0.25, -0.2) is 0 Å². The second-order valence-electron chi connectivity index (χ2n) is 5.49. The summed E-state index contributed by atoms with van der Waals surface area (Å²) in [5.41, 5.74) is 3.62. The summed E-state index contributed by atoms with van der Waals surface area (Å²) in [6, 6.07) is 13.5. The van der Waals surface area contributed by atoms with Crippen LogP contribution in [0.2, 0.25) is 0 Å². The van der Waals surface area contributed by atoms with E-state index in [4.69, 9.17) is 9.47 Å². The molecule has 2 aromatic rings. The Labute approximate surface area is 136 Å². The molecule has 1 aliphatic carbocycles. The van der Waals surface area contributed by atoms with E-state index in [2.05, 4.69) is 0 Å². The number of ether oxygens (including phenoxy) is 2. The minimum atomic E-state index is 0.0974. The van der Waals surface area contributed by atoms with Crippen molar-refractivity contribution < 1.29 is 14.3 Å². The van der Waals surface area contributed by atoms with Gasteiger partial charge in [0.25, 0.3) is 0 Å². The summed E-state index contributed by atoms with van der Waals surface area (Å²) < 4.78 is 10.9. The summed E-state index contributed by atoms with van der Waals surface area (Å²) >= 11 is 0. The number of hydrogen-bond acceptors (Lipinski definition) is 3. The molecule has 0 amide bonds. The molecule has 1 aliphatic rings. The number of carbonyl (C=O) groups is 1. The molecule has 0 radical (unpaired) electrons. The molecule has 0 unspecified atom stereocenters. The fourth-order valence-corrected chi connectivity index (χ4v) is 2.89. The van der Waals surface area contributed by atoms with E-state index in [1.54, 1.807) is 7.11 Å². The van der Waals surface area contributed by atoms with Crippen LogP contribution in [0, 0.1) is 0 Å². The van der Waals surface area contributed by atoms with E-state index in [-0.39, 0.29) is 5.78 Å². The second kappa shape index (κ2) is 6.69. The molecular formula is C20H20O3. The first kappa shape index (κ1) is 15.3. The van der Waals surface area contributed by atoms with Gasteiger partial charge >= 0.3 is 0 Å². The van der Waals surface area contributed by atoms with Crippen molar-refractivity contribution in [2.45, 2.75) is 19.8 Å². The zero-order chi connectivity index (χ0) is 16.2. The van der Waals surface area contributed by atoms with Crippen molar-refractivity contribution in [2.24, 2.45) is 0 Å². The molecule has 0 N–H and O–H groups in total. The molecule has 0 spiro atoms. The Hall–Kier alpha value is -2.55. The highest BCUT2D eigenvalue weighted by molar-refractivity contribution is 6.13. The first-order valence-electron chi connectivity index (χ1n) is 7.87. The second-order valence-corrected chi connectivity index (χ2v) is 5.49. The maximum Gasteiger partial charge on any atom is 0.189 e. The van der Waals surface area contributed by atoms with Gasteiger partial charge in [0.1, 0.15) is 11.5 Å². The van der Waals surface area contributed by atoms with Crippen LogP contribution in [0.1, 0.15) is 34.8 Å². The van der Waals surface area contributed by atoms with Gasteiger partial charge in [-0.05, 0) is 55.7 Å². The highest BCUT2D eigenvalue weighted by atomic mass is 16.5. The lowest BCUT2D eigenvalue weighted by molar-refractivity contribution is 0.102. The summed E-state index contributed by atoms with van der Waals surface area (Å²) in [6.07, 6.45) is 3.54. The molecule has 118 valence electrons. The van der Waals surface area contributed by atoms with Gasteiger partial charge in [0.15, 0.2) is 5.78 Å². The van der Waals surface area contributed by atoms with Crippen LogP contribution in [0.5, 0.6) is 11.5 Å². The van der Waals surface area contributed by atoms with Gasteiger partial charge in [-0.2, -0.15) is 0 Å². The van der Waals surface area contributed by atoms with Crippen molar-refractivity contribution in [1.29, 1.82) is 0 Å². The Kier molecular flexibility index (Phi) is 4.47. The van der Waals surface area contributed by atoms with Crippen molar-refractivity contribution in [3.63, 3.8) is 0 Å². The molecule has 3 heteroatoms. The Bertz CT molecular complexity index is 759. The predicted octanol–water partition coefficient (Wildman–Crippen LogP) is 4.31. The van der Waals surface area contributed by atoms with Crippen LogP contribution in [0.25, 0.3) is 6.08 Å². The SMILES string of the molecule is CCOc1ccccc1C=C1CCc2cc(OC)ccc2C1=O. The van der Waals surface area contributed by atoms with Crippen LogP contribution < -0.4 is 9.47 Å². The van der Waals surface area contributed by atoms with Crippen LogP contribution in [-0.4, -0.2) is 19.5 Å². The van der Waals surface area contributed by atoms with E-state index in [1.807, 2.05) is 55.5 Å². The van der Waals surface area contributed by atoms with Crippen molar-refractivity contribution in [2.75, 3.05) is 13.7 Å². The summed E-state index contributed by atoms with van der Waals surface area (Å²) in [7, 11) is 1.64. The van der Waals surface area contributed by atoms with E-state index in [0.29, 0.717) is 6.61 Å². The van der Waals surface area contributed by atoms with Gasteiger partial charge in [-0.15, -0.1) is 0 Å². The fourth-order valence-electron chi connectivity index (χ4n) is 2.89. The third kappa shape index (κ3) is 3.14. The minimum absolute atomic E-state index is 0.0974. The third-order valence-electron chi connectivity index (χ3n) is 4.06. The van der Waals surface area contributed by atoms with Crippen LogP contribution in [0.4, 0.5) is 0 Å². The first-order valence-corrected chi connectivity index (χ1v) is 7.87. The molecule has 0 aliphatic heterocycles. The number of hydrogen-bond donors (Lipinski definition) is 0. The van der Waals surface area contributed by atoms with Crippen molar-refractivity contribution in [3.8, 4) is 11.5 Å². The van der Waals surface area contributed by atoms with Crippen LogP contribution in [0.3, 0.4) is 0 Å².